The molecule has 2 aromatic rings. The number of anilines is 1. The summed E-state index contributed by atoms with van der Waals surface area (Å²) in [5.41, 5.74) is -0.147. The molecule has 0 aliphatic carbocycles. The van der Waals surface area contributed by atoms with Crippen molar-refractivity contribution < 1.29 is 41.8 Å². The molecule has 11 heteroatoms. The number of carbonyl (C=O) groups excluding carboxylic acids is 2. The molecule has 0 bridgehead atoms. The molecule has 3 unspecified atom stereocenters. The zero-order valence-electron chi connectivity index (χ0n) is 20.9. The van der Waals surface area contributed by atoms with E-state index in [9.17, 15) is 37.1 Å². The lowest BCUT2D eigenvalue weighted by atomic mass is 9.77. The Morgan fingerprint density at radius 3 is 2.16 bits per heavy atom. The van der Waals surface area contributed by atoms with Gasteiger partial charge in [-0.1, -0.05) is 64.1 Å². The van der Waals surface area contributed by atoms with Crippen molar-refractivity contribution in [2.45, 2.75) is 52.9 Å². The molecule has 0 saturated heterocycles. The van der Waals surface area contributed by atoms with Crippen molar-refractivity contribution in [1.82, 2.24) is 5.32 Å². The van der Waals surface area contributed by atoms with E-state index in [1.165, 1.54) is 6.07 Å². The Bertz CT molecular complexity index is 1100. The molecule has 2 rings (SSSR count). The number of rotatable bonds is 9. The summed E-state index contributed by atoms with van der Waals surface area (Å²) < 4.78 is 59.8. The van der Waals surface area contributed by atoms with Crippen LogP contribution in [0.15, 0.2) is 48.5 Å². The molecular weight excluding hydrogens is 496 g/mol. The summed E-state index contributed by atoms with van der Waals surface area (Å²) in [4.78, 5) is 36.7. The van der Waals surface area contributed by atoms with E-state index in [1.807, 2.05) is 5.32 Å². The molecule has 0 fully saturated rings. The molecule has 37 heavy (non-hydrogen) atoms. The standard InChI is InChI=1S/C26H30F4N2O5/c1-15(26(28,29)30)21(32-24(36)37-14-16-8-6-5-7-9-16)22(33)31-20-13-17(10-11-19(20)27)12-18(23(34)35)25(2,3)4/h5-11,13,15,18,21H,12,14H2,1-4H3,(H,31,33)(H,32,36)(H,34,35). The minimum Gasteiger partial charge on any atom is -0.481 e. The second kappa shape index (κ2) is 12.1. The number of carboxylic acids is 1. The van der Waals surface area contributed by atoms with Crippen LogP contribution in [0.25, 0.3) is 0 Å². The maximum Gasteiger partial charge on any atom is 0.408 e. The Balaban J connectivity index is 2.22. The quantitative estimate of drug-likeness (QED) is 0.372. The number of halogens is 4. The van der Waals surface area contributed by atoms with Gasteiger partial charge in [-0.05, 0) is 35.1 Å². The van der Waals surface area contributed by atoms with Crippen molar-refractivity contribution in [3.63, 3.8) is 0 Å². The van der Waals surface area contributed by atoms with Crippen LogP contribution in [0.2, 0.25) is 0 Å². The first kappa shape index (κ1) is 29.6. The maximum absolute atomic E-state index is 14.5. The van der Waals surface area contributed by atoms with Crippen LogP contribution in [0.4, 0.5) is 28.0 Å². The van der Waals surface area contributed by atoms with Crippen LogP contribution in [-0.2, 0) is 27.4 Å². The highest BCUT2D eigenvalue weighted by atomic mass is 19.4. The van der Waals surface area contributed by atoms with Gasteiger partial charge in [-0.2, -0.15) is 13.2 Å². The second-order valence-corrected chi connectivity index (χ2v) is 9.78. The first-order valence-electron chi connectivity index (χ1n) is 11.5. The van der Waals surface area contributed by atoms with Crippen molar-refractivity contribution in [1.29, 1.82) is 0 Å². The number of benzene rings is 2. The predicted molar refractivity (Wildman–Crippen MR) is 128 cm³/mol. The number of carbonyl (C=O) groups is 3. The van der Waals surface area contributed by atoms with Gasteiger partial charge >= 0.3 is 18.2 Å². The molecule has 202 valence electrons. The van der Waals surface area contributed by atoms with Gasteiger partial charge in [0.15, 0.2) is 0 Å². The average molecular weight is 527 g/mol. The summed E-state index contributed by atoms with van der Waals surface area (Å²) in [5, 5.41) is 13.6. The van der Waals surface area contributed by atoms with Crippen molar-refractivity contribution >= 4 is 23.7 Å². The summed E-state index contributed by atoms with van der Waals surface area (Å²) in [6, 6.07) is 9.72. The van der Waals surface area contributed by atoms with Gasteiger partial charge in [0.25, 0.3) is 0 Å². The van der Waals surface area contributed by atoms with Gasteiger partial charge in [0.1, 0.15) is 18.5 Å². The SMILES string of the molecule is CC(C(NC(=O)OCc1ccccc1)C(=O)Nc1cc(CC(C(=O)O)C(C)(C)C)ccc1F)C(F)(F)F. The molecule has 0 saturated carbocycles. The van der Waals surface area contributed by atoms with Crippen LogP contribution in [0.1, 0.15) is 38.8 Å². The van der Waals surface area contributed by atoms with Crippen LogP contribution < -0.4 is 10.6 Å². The Morgan fingerprint density at radius 2 is 1.62 bits per heavy atom. The van der Waals surface area contributed by atoms with E-state index in [2.05, 4.69) is 5.32 Å². The third-order valence-electron chi connectivity index (χ3n) is 5.86. The van der Waals surface area contributed by atoms with Crippen molar-refractivity contribution in [2.24, 2.45) is 17.3 Å². The van der Waals surface area contributed by atoms with Gasteiger partial charge in [-0.3, -0.25) is 9.59 Å². The topological polar surface area (TPSA) is 105 Å². The number of amides is 2. The summed E-state index contributed by atoms with van der Waals surface area (Å²) in [6.45, 7) is 5.64. The minimum absolute atomic E-state index is 0.00553. The molecule has 0 heterocycles. The average Bonchev–Trinajstić information content (AvgIpc) is 2.80. The normalized spacial score (nSPS) is 14.3. The fraction of sp³-hybridized carbons (Fsp3) is 0.423. The lowest BCUT2D eigenvalue weighted by Crippen LogP contribution is -2.52. The third-order valence-corrected chi connectivity index (χ3v) is 5.86. The highest BCUT2D eigenvalue weighted by Crippen LogP contribution is 2.32. The fourth-order valence-corrected chi connectivity index (χ4v) is 3.50. The maximum atomic E-state index is 14.5. The van der Waals surface area contributed by atoms with Crippen molar-refractivity contribution in [3.8, 4) is 0 Å². The Hall–Kier alpha value is -3.63. The molecular formula is C26H30F4N2O5. The van der Waals surface area contributed by atoms with Crippen LogP contribution in [0, 0.1) is 23.1 Å². The minimum atomic E-state index is -4.86. The van der Waals surface area contributed by atoms with Gasteiger partial charge in [-0.25, -0.2) is 9.18 Å². The number of hydrogen-bond donors (Lipinski definition) is 3. The van der Waals surface area contributed by atoms with Gasteiger partial charge in [0.2, 0.25) is 5.91 Å². The molecule has 0 aliphatic heterocycles. The second-order valence-electron chi connectivity index (χ2n) is 9.78. The summed E-state index contributed by atoms with van der Waals surface area (Å²) in [5.74, 6) is -6.51. The van der Waals surface area contributed by atoms with E-state index in [4.69, 9.17) is 4.74 Å². The monoisotopic (exact) mass is 526 g/mol. The Labute approximate surface area is 212 Å². The van der Waals surface area contributed by atoms with Crippen molar-refractivity contribution in [3.05, 3.63) is 65.5 Å². The molecule has 2 amide bonds. The number of alkyl carbamates (subject to hydrolysis) is 1. The summed E-state index contributed by atoms with van der Waals surface area (Å²) in [7, 11) is 0. The first-order chi connectivity index (χ1) is 17.1. The largest absolute Gasteiger partial charge is 0.481 e. The highest BCUT2D eigenvalue weighted by Gasteiger charge is 2.45. The Morgan fingerprint density at radius 1 is 1.00 bits per heavy atom. The van der Waals surface area contributed by atoms with Gasteiger partial charge in [-0.15, -0.1) is 0 Å². The van der Waals surface area contributed by atoms with Crippen LogP contribution in [0.5, 0.6) is 0 Å². The smallest absolute Gasteiger partial charge is 0.408 e. The predicted octanol–water partition coefficient (Wildman–Crippen LogP) is 5.55. The molecule has 0 aliphatic rings. The van der Waals surface area contributed by atoms with Crippen molar-refractivity contribution in [2.75, 3.05) is 5.32 Å². The number of alkyl halides is 3. The van der Waals surface area contributed by atoms with E-state index in [-0.39, 0.29) is 13.0 Å². The first-order valence-corrected chi connectivity index (χ1v) is 11.5. The van der Waals surface area contributed by atoms with E-state index >= 15 is 0 Å². The molecule has 3 N–H and O–H groups in total. The van der Waals surface area contributed by atoms with E-state index < -0.39 is 58.9 Å². The number of carboxylic acid groups (broad SMARTS) is 1. The van der Waals surface area contributed by atoms with E-state index in [0.29, 0.717) is 18.1 Å². The van der Waals surface area contributed by atoms with Gasteiger partial charge < -0.3 is 20.5 Å². The third kappa shape index (κ3) is 8.76. The molecule has 2 aromatic carbocycles. The molecule has 0 spiro atoms. The number of aliphatic carboxylic acids is 1. The Kier molecular flexibility index (Phi) is 9.66. The lowest BCUT2D eigenvalue weighted by molar-refractivity contribution is -0.178. The molecule has 0 aromatic heterocycles. The number of ether oxygens (including phenoxy) is 1. The van der Waals surface area contributed by atoms with E-state index in [0.717, 1.165) is 12.1 Å². The zero-order valence-corrected chi connectivity index (χ0v) is 20.9. The van der Waals surface area contributed by atoms with Gasteiger partial charge in [0, 0.05) is 0 Å². The van der Waals surface area contributed by atoms with Gasteiger partial charge in [0.05, 0.1) is 17.5 Å². The fourth-order valence-electron chi connectivity index (χ4n) is 3.50. The summed E-state index contributed by atoms with van der Waals surface area (Å²) in [6.07, 6.45) is -6.13. The zero-order chi connectivity index (χ0) is 28.0. The molecule has 3 atom stereocenters. The lowest BCUT2D eigenvalue weighted by Gasteiger charge is -2.27. The number of hydrogen-bond acceptors (Lipinski definition) is 4. The van der Waals surface area contributed by atoms with Crippen LogP contribution >= 0.6 is 0 Å². The molecule has 0 radical (unpaired) electrons. The van der Waals surface area contributed by atoms with Crippen LogP contribution in [-0.4, -0.2) is 35.3 Å². The van der Waals surface area contributed by atoms with E-state index in [1.54, 1.807) is 51.1 Å². The summed E-state index contributed by atoms with van der Waals surface area (Å²) >= 11 is 0. The highest BCUT2D eigenvalue weighted by molar-refractivity contribution is 5.97. The van der Waals surface area contributed by atoms with Crippen LogP contribution in [0.3, 0.4) is 0 Å². The molecule has 7 nitrogen and oxygen atoms in total. The number of nitrogens with one attached hydrogen (secondary N) is 2.